The molecule has 0 aromatic heterocycles. The third-order valence-electron chi connectivity index (χ3n) is 8.50. The molecule has 0 saturated heterocycles. The van der Waals surface area contributed by atoms with E-state index in [1.54, 1.807) is 0 Å². The number of carbonyl (C=O) groups is 1. The van der Waals surface area contributed by atoms with Crippen molar-refractivity contribution in [3.8, 4) is 0 Å². The fourth-order valence-corrected chi connectivity index (χ4v) is 5.97. The summed E-state index contributed by atoms with van der Waals surface area (Å²) in [6, 6.07) is 0. The summed E-state index contributed by atoms with van der Waals surface area (Å²) in [4.78, 5) is 12.2. The minimum atomic E-state index is -0.561. The summed E-state index contributed by atoms with van der Waals surface area (Å²) < 4.78 is 0. The summed E-state index contributed by atoms with van der Waals surface area (Å²) in [6.45, 7) is 8.85. The predicted octanol–water partition coefficient (Wildman–Crippen LogP) is 12.3. The average molecular weight is 509 g/mol. The van der Waals surface area contributed by atoms with Crippen LogP contribution in [0.3, 0.4) is 0 Å². The van der Waals surface area contributed by atoms with Crippen molar-refractivity contribution in [2.75, 3.05) is 0 Å². The molecule has 0 radical (unpaired) electrons. The zero-order chi connectivity index (χ0) is 26.7. The molecule has 0 saturated carbocycles. The number of carboxylic acid groups (broad SMARTS) is 1. The Morgan fingerprint density at radius 1 is 0.528 bits per heavy atom. The van der Waals surface area contributed by atoms with Crippen LogP contribution in [0.2, 0.25) is 0 Å². The van der Waals surface area contributed by atoms with E-state index in [1.807, 2.05) is 6.92 Å². The topological polar surface area (TPSA) is 37.3 Å². The highest BCUT2D eigenvalue weighted by Gasteiger charge is 2.34. The zero-order valence-corrected chi connectivity index (χ0v) is 25.5. The van der Waals surface area contributed by atoms with E-state index >= 15 is 0 Å². The molecule has 2 heteroatoms. The van der Waals surface area contributed by atoms with Crippen molar-refractivity contribution < 1.29 is 9.90 Å². The minimum Gasteiger partial charge on any atom is -0.481 e. The molecule has 2 atom stereocenters. The summed E-state index contributed by atoms with van der Waals surface area (Å²) in [5.74, 6) is 0.0251. The first-order valence-electron chi connectivity index (χ1n) is 16.7. The van der Waals surface area contributed by atoms with Crippen molar-refractivity contribution in [1.29, 1.82) is 0 Å². The van der Waals surface area contributed by atoms with Gasteiger partial charge in [0, 0.05) is 0 Å². The van der Waals surface area contributed by atoms with Crippen molar-refractivity contribution >= 4 is 5.97 Å². The standard InChI is InChI=1S/C34H68O2/c1-5-8-10-12-14-16-17-18-19-20-21-23-25-27-30-34(4,33(35)36)31-32(28-7-3)29-26-24-22-15-13-11-9-6-2/h32H,5-31H2,1-4H3,(H,35,36). The van der Waals surface area contributed by atoms with Gasteiger partial charge >= 0.3 is 5.97 Å². The molecule has 1 N–H and O–H groups in total. The molecule has 0 spiro atoms. The fraction of sp³-hybridized carbons (Fsp3) is 0.971. The molecule has 0 rings (SSSR count). The van der Waals surface area contributed by atoms with Crippen molar-refractivity contribution in [1.82, 2.24) is 0 Å². The first-order valence-corrected chi connectivity index (χ1v) is 16.7. The van der Waals surface area contributed by atoms with Crippen LogP contribution in [0.15, 0.2) is 0 Å². The Hall–Kier alpha value is -0.530. The van der Waals surface area contributed by atoms with Crippen LogP contribution in [-0.2, 0) is 4.79 Å². The van der Waals surface area contributed by atoms with Gasteiger partial charge in [-0.3, -0.25) is 4.79 Å². The highest BCUT2D eigenvalue weighted by atomic mass is 16.4. The Bertz CT molecular complexity index is 460. The van der Waals surface area contributed by atoms with E-state index in [-0.39, 0.29) is 0 Å². The molecule has 0 aliphatic rings. The van der Waals surface area contributed by atoms with Crippen LogP contribution in [0, 0.1) is 11.3 Å². The molecule has 0 bridgehead atoms. The number of hydrogen-bond donors (Lipinski definition) is 1. The lowest BCUT2D eigenvalue weighted by molar-refractivity contribution is -0.149. The summed E-state index contributed by atoms with van der Waals surface area (Å²) >= 11 is 0. The molecule has 0 aromatic rings. The maximum atomic E-state index is 12.2. The average Bonchev–Trinajstić information content (AvgIpc) is 2.85. The summed E-state index contributed by atoms with van der Waals surface area (Å²) in [5.41, 5.74) is -0.531. The van der Waals surface area contributed by atoms with Gasteiger partial charge in [0.15, 0.2) is 0 Å². The van der Waals surface area contributed by atoms with Crippen molar-refractivity contribution in [2.24, 2.45) is 11.3 Å². The third kappa shape index (κ3) is 21.5. The van der Waals surface area contributed by atoms with Crippen LogP contribution < -0.4 is 0 Å². The maximum Gasteiger partial charge on any atom is 0.309 e. The Morgan fingerprint density at radius 3 is 1.25 bits per heavy atom. The Labute approximate surface area is 228 Å². The van der Waals surface area contributed by atoms with Crippen LogP contribution in [0.1, 0.15) is 201 Å². The van der Waals surface area contributed by atoms with Crippen LogP contribution in [0.5, 0.6) is 0 Å². The lowest BCUT2D eigenvalue weighted by Gasteiger charge is -2.30. The number of carboxylic acids is 1. The largest absolute Gasteiger partial charge is 0.481 e. The van der Waals surface area contributed by atoms with Gasteiger partial charge in [0.2, 0.25) is 0 Å². The highest BCUT2D eigenvalue weighted by Crippen LogP contribution is 2.36. The van der Waals surface area contributed by atoms with E-state index in [9.17, 15) is 9.90 Å². The lowest BCUT2D eigenvalue weighted by Crippen LogP contribution is -2.30. The summed E-state index contributed by atoms with van der Waals surface area (Å²) in [5, 5.41) is 10.1. The van der Waals surface area contributed by atoms with E-state index < -0.39 is 11.4 Å². The SMILES string of the molecule is CCCCCCCCCCCCCCCCC(C)(CC(CCC)CCCCCCCCCC)C(=O)O. The van der Waals surface area contributed by atoms with E-state index in [1.165, 1.54) is 154 Å². The molecule has 0 aliphatic carbocycles. The molecule has 2 nitrogen and oxygen atoms in total. The normalized spacial score (nSPS) is 14.1. The summed E-state index contributed by atoms with van der Waals surface area (Å²) in [7, 11) is 0. The van der Waals surface area contributed by atoms with E-state index in [2.05, 4.69) is 20.8 Å². The molecular formula is C34H68O2. The quantitative estimate of drug-likeness (QED) is 0.102. The van der Waals surface area contributed by atoms with E-state index in [0.717, 1.165) is 19.3 Å². The van der Waals surface area contributed by atoms with Gasteiger partial charge in [0.05, 0.1) is 5.41 Å². The zero-order valence-electron chi connectivity index (χ0n) is 25.5. The van der Waals surface area contributed by atoms with Crippen LogP contribution in [0.25, 0.3) is 0 Å². The third-order valence-corrected chi connectivity index (χ3v) is 8.50. The van der Waals surface area contributed by atoms with Crippen molar-refractivity contribution in [3.05, 3.63) is 0 Å². The molecular weight excluding hydrogens is 440 g/mol. The van der Waals surface area contributed by atoms with Crippen molar-refractivity contribution in [3.63, 3.8) is 0 Å². The molecule has 0 fully saturated rings. The first kappa shape index (κ1) is 35.5. The van der Waals surface area contributed by atoms with Gasteiger partial charge in [-0.2, -0.15) is 0 Å². The maximum absolute atomic E-state index is 12.2. The fourth-order valence-electron chi connectivity index (χ4n) is 5.97. The smallest absolute Gasteiger partial charge is 0.309 e. The van der Waals surface area contributed by atoms with Gasteiger partial charge in [-0.1, -0.05) is 181 Å². The summed E-state index contributed by atoms with van der Waals surface area (Å²) in [6.07, 6.45) is 35.1. The van der Waals surface area contributed by atoms with Crippen LogP contribution in [-0.4, -0.2) is 11.1 Å². The first-order chi connectivity index (χ1) is 17.5. The Kier molecular flexibility index (Phi) is 25.7. The molecule has 36 heavy (non-hydrogen) atoms. The predicted molar refractivity (Wildman–Crippen MR) is 161 cm³/mol. The van der Waals surface area contributed by atoms with E-state index in [4.69, 9.17) is 0 Å². The van der Waals surface area contributed by atoms with Crippen LogP contribution >= 0.6 is 0 Å². The second kappa shape index (κ2) is 26.1. The van der Waals surface area contributed by atoms with Gasteiger partial charge in [-0.05, 0) is 25.7 Å². The molecule has 0 heterocycles. The molecule has 2 unspecified atom stereocenters. The van der Waals surface area contributed by atoms with Crippen LogP contribution in [0.4, 0.5) is 0 Å². The second-order valence-electron chi connectivity index (χ2n) is 12.3. The monoisotopic (exact) mass is 509 g/mol. The number of rotatable bonds is 29. The minimum absolute atomic E-state index is 0.531. The molecule has 0 aromatic carbocycles. The Balaban J connectivity index is 3.98. The number of unbranched alkanes of at least 4 members (excludes halogenated alkanes) is 20. The number of hydrogen-bond acceptors (Lipinski definition) is 1. The van der Waals surface area contributed by atoms with E-state index in [0.29, 0.717) is 5.92 Å². The van der Waals surface area contributed by atoms with Gasteiger partial charge in [0.25, 0.3) is 0 Å². The second-order valence-corrected chi connectivity index (χ2v) is 12.3. The molecule has 0 amide bonds. The number of aliphatic carboxylic acids is 1. The Morgan fingerprint density at radius 2 is 0.889 bits per heavy atom. The van der Waals surface area contributed by atoms with Gasteiger partial charge in [-0.15, -0.1) is 0 Å². The van der Waals surface area contributed by atoms with Gasteiger partial charge in [0.1, 0.15) is 0 Å². The molecule has 216 valence electrons. The highest BCUT2D eigenvalue weighted by molar-refractivity contribution is 5.74. The van der Waals surface area contributed by atoms with Gasteiger partial charge < -0.3 is 5.11 Å². The molecule has 0 aliphatic heterocycles. The lowest BCUT2D eigenvalue weighted by atomic mass is 9.74. The van der Waals surface area contributed by atoms with Crippen molar-refractivity contribution in [2.45, 2.75) is 201 Å². The van der Waals surface area contributed by atoms with Gasteiger partial charge in [-0.25, -0.2) is 0 Å².